The number of halogens is 4. The third kappa shape index (κ3) is 6.90. The van der Waals surface area contributed by atoms with Crippen LogP contribution in [0.25, 0.3) is 0 Å². The Morgan fingerprint density at radius 1 is 1.08 bits per heavy atom. The number of ether oxygens (including phenoxy) is 2. The average Bonchev–Trinajstić information content (AvgIpc) is 2.53. The molecule has 0 aliphatic heterocycles. The highest BCUT2D eigenvalue weighted by Gasteiger charge is 2.42. The molecule has 0 atom stereocenters. The van der Waals surface area contributed by atoms with E-state index >= 15 is 0 Å². The van der Waals surface area contributed by atoms with E-state index in [1.807, 2.05) is 0 Å². The summed E-state index contributed by atoms with van der Waals surface area (Å²) in [6.07, 6.45) is -4.67. The van der Waals surface area contributed by atoms with Gasteiger partial charge in [-0.25, -0.2) is 8.78 Å². The predicted molar refractivity (Wildman–Crippen MR) is 77.8 cm³/mol. The second kappa shape index (κ2) is 9.14. The molecule has 1 aromatic carbocycles. The van der Waals surface area contributed by atoms with Crippen LogP contribution in [0, 0.1) is 0 Å². The number of carbonyl (C=O) groups excluding carboxylic acids is 3. The van der Waals surface area contributed by atoms with Crippen molar-refractivity contribution in [1.82, 2.24) is 0 Å². The van der Waals surface area contributed by atoms with Crippen molar-refractivity contribution in [1.29, 1.82) is 0 Å². The lowest BCUT2D eigenvalue weighted by Gasteiger charge is -2.14. The van der Waals surface area contributed by atoms with Gasteiger partial charge in [-0.15, -0.1) is 0 Å². The fourth-order valence-electron chi connectivity index (χ4n) is 1.71. The van der Waals surface area contributed by atoms with Gasteiger partial charge in [0, 0.05) is 12.8 Å². The Kier molecular flexibility index (Phi) is 7.53. The van der Waals surface area contributed by atoms with Crippen LogP contribution in [0.15, 0.2) is 24.3 Å². The summed E-state index contributed by atoms with van der Waals surface area (Å²) in [5.41, 5.74) is 0.212. The van der Waals surface area contributed by atoms with Crippen molar-refractivity contribution < 1.29 is 41.4 Å². The normalized spacial score (nSPS) is 11.3. The van der Waals surface area contributed by atoms with Gasteiger partial charge in [-0.1, -0.05) is 12.1 Å². The fourth-order valence-corrected chi connectivity index (χ4v) is 1.71. The first-order valence-corrected chi connectivity index (χ1v) is 7.25. The molecule has 138 valence electrons. The van der Waals surface area contributed by atoms with Gasteiger partial charge in [0.25, 0.3) is 0 Å². The topological polar surface area (TPSA) is 69.7 Å². The minimum Gasteiger partial charge on any atom is -0.459 e. The molecule has 0 spiro atoms. The number of esters is 2. The maximum Gasteiger partial charge on any atom is 0.340 e. The third-order valence-corrected chi connectivity index (χ3v) is 3.00. The Morgan fingerprint density at radius 2 is 1.68 bits per heavy atom. The van der Waals surface area contributed by atoms with Crippen LogP contribution in [0.1, 0.15) is 36.5 Å². The van der Waals surface area contributed by atoms with Gasteiger partial charge in [0.05, 0.1) is 5.56 Å². The van der Waals surface area contributed by atoms with Gasteiger partial charge in [0.1, 0.15) is 5.75 Å². The van der Waals surface area contributed by atoms with Gasteiger partial charge in [0.2, 0.25) is 0 Å². The molecule has 0 bridgehead atoms. The molecule has 5 nitrogen and oxygen atoms in total. The molecule has 0 unspecified atom stereocenters. The highest BCUT2D eigenvalue weighted by molar-refractivity contribution is 5.97. The molecule has 9 heteroatoms. The monoisotopic (exact) mass is 364 g/mol. The van der Waals surface area contributed by atoms with E-state index in [9.17, 15) is 31.9 Å². The minimum absolute atomic E-state index is 0.0687. The van der Waals surface area contributed by atoms with Crippen LogP contribution in [-0.2, 0) is 14.3 Å². The predicted octanol–water partition coefficient (Wildman–Crippen LogP) is 3.41. The molecule has 0 saturated carbocycles. The summed E-state index contributed by atoms with van der Waals surface area (Å²) in [6.45, 7) is -0.419. The molecule has 0 aliphatic rings. The van der Waals surface area contributed by atoms with Crippen molar-refractivity contribution in [3.63, 3.8) is 0 Å². The van der Waals surface area contributed by atoms with Crippen LogP contribution in [0.5, 0.6) is 5.75 Å². The highest BCUT2D eigenvalue weighted by atomic mass is 19.3. The molecule has 0 aromatic heterocycles. The van der Waals surface area contributed by atoms with Gasteiger partial charge in [-0.2, -0.15) is 8.78 Å². The molecule has 0 saturated heterocycles. The first-order valence-electron chi connectivity index (χ1n) is 7.25. The lowest BCUT2D eigenvalue weighted by atomic mass is 10.1. The van der Waals surface area contributed by atoms with Crippen molar-refractivity contribution in [3.8, 4) is 5.75 Å². The zero-order valence-corrected chi connectivity index (χ0v) is 13.3. The van der Waals surface area contributed by atoms with Crippen molar-refractivity contribution >= 4 is 17.7 Å². The number of hydrogen-bond acceptors (Lipinski definition) is 5. The molecule has 0 amide bonds. The lowest BCUT2D eigenvalue weighted by Crippen LogP contribution is -2.33. The van der Waals surface area contributed by atoms with Gasteiger partial charge in [-0.05, 0) is 25.5 Å². The molecule has 0 heterocycles. The summed E-state index contributed by atoms with van der Waals surface area (Å²) < 4.78 is 58.0. The fraction of sp³-hybridized carbons (Fsp3) is 0.438. The largest absolute Gasteiger partial charge is 0.459 e. The van der Waals surface area contributed by atoms with Crippen LogP contribution >= 0.6 is 0 Å². The van der Waals surface area contributed by atoms with Crippen LogP contribution in [-0.4, -0.2) is 36.7 Å². The maximum absolute atomic E-state index is 12.6. The Labute approximate surface area is 140 Å². The summed E-state index contributed by atoms with van der Waals surface area (Å²) >= 11 is 0. The molecule has 25 heavy (non-hydrogen) atoms. The average molecular weight is 364 g/mol. The first kappa shape index (κ1) is 20.6. The number of alkyl halides is 4. The van der Waals surface area contributed by atoms with Gasteiger partial charge in [-0.3, -0.25) is 14.4 Å². The molecule has 1 aromatic rings. The summed E-state index contributed by atoms with van der Waals surface area (Å²) in [5.74, 6) is -6.51. The van der Waals surface area contributed by atoms with Gasteiger partial charge < -0.3 is 9.47 Å². The quantitative estimate of drug-likeness (QED) is 0.291. The van der Waals surface area contributed by atoms with Crippen molar-refractivity contribution in [2.75, 3.05) is 6.61 Å². The summed E-state index contributed by atoms with van der Waals surface area (Å²) in [6, 6.07) is 6.07. The molecule has 0 fully saturated rings. The maximum atomic E-state index is 12.6. The standard InChI is InChI=1S/C16H16F4O5/c1-10(21)11-5-2-3-6-12(11)25-14(23)8-4-7-13(22)24-9-16(19,20)15(17)18/h2-3,5-6,15H,4,7-9H2,1H3. The first-order chi connectivity index (χ1) is 11.6. The second-order valence-corrected chi connectivity index (χ2v) is 5.10. The van der Waals surface area contributed by atoms with E-state index in [2.05, 4.69) is 4.74 Å². The van der Waals surface area contributed by atoms with Gasteiger partial charge >= 0.3 is 24.3 Å². The third-order valence-electron chi connectivity index (χ3n) is 3.00. The number of hydrogen-bond donors (Lipinski definition) is 0. The number of rotatable bonds is 9. The second-order valence-electron chi connectivity index (χ2n) is 5.10. The van der Waals surface area contributed by atoms with Gasteiger partial charge in [0.15, 0.2) is 12.4 Å². The van der Waals surface area contributed by atoms with E-state index in [0.717, 1.165) is 0 Å². The Hall–Kier alpha value is -2.45. The molecular formula is C16H16F4O5. The van der Waals surface area contributed by atoms with Crippen LogP contribution in [0.3, 0.4) is 0 Å². The van der Waals surface area contributed by atoms with Crippen molar-refractivity contribution in [3.05, 3.63) is 29.8 Å². The lowest BCUT2D eigenvalue weighted by molar-refractivity contribution is -0.179. The van der Waals surface area contributed by atoms with Crippen LogP contribution < -0.4 is 4.74 Å². The summed E-state index contributed by atoms with van der Waals surface area (Å²) in [5, 5.41) is 0. The van der Waals surface area contributed by atoms with Crippen LogP contribution in [0.2, 0.25) is 0 Å². The van der Waals surface area contributed by atoms with Crippen molar-refractivity contribution in [2.45, 2.75) is 38.5 Å². The number of ketones is 1. The van der Waals surface area contributed by atoms with E-state index in [1.165, 1.54) is 19.1 Å². The Balaban J connectivity index is 2.38. The zero-order chi connectivity index (χ0) is 19.0. The molecule has 1 rings (SSSR count). The smallest absolute Gasteiger partial charge is 0.340 e. The number of Topliss-reactive ketones (excluding diaryl/α,β-unsaturated/α-hetero) is 1. The van der Waals surface area contributed by atoms with E-state index in [0.29, 0.717) is 0 Å². The Bertz CT molecular complexity index is 631. The van der Waals surface area contributed by atoms with E-state index in [-0.39, 0.29) is 29.9 Å². The minimum atomic E-state index is -4.41. The van der Waals surface area contributed by atoms with Crippen LogP contribution in [0.4, 0.5) is 17.6 Å². The highest BCUT2D eigenvalue weighted by Crippen LogP contribution is 2.23. The SMILES string of the molecule is CC(=O)c1ccccc1OC(=O)CCCC(=O)OCC(F)(F)C(F)F. The molecule has 0 N–H and O–H groups in total. The number of benzene rings is 1. The Morgan fingerprint density at radius 3 is 2.28 bits per heavy atom. The zero-order valence-electron chi connectivity index (χ0n) is 13.3. The number of carbonyl (C=O) groups is 3. The van der Waals surface area contributed by atoms with Crippen molar-refractivity contribution in [2.24, 2.45) is 0 Å². The number of para-hydroxylation sites is 1. The summed E-state index contributed by atoms with van der Waals surface area (Å²) in [7, 11) is 0. The van der Waals surface area contributed by atoms with E-state index in [4.69, 9.17) is 4.74 Å². The summed E-state index contributed by atoms with van der Waals surface area (Å²) in [4.78, 5) is 34.3. The van der Waals surface area contributed by atoms with E-state index in [1.54, 1.807) is 12.1 Å². The van der Waals surface area contributed by atoms with E-state index < -0.39 is 37.3 Å². The molecule has 0 radical (unpaired) electrons. The molecular weight excluding hydrogens is 348 g/mol. The molecule has 0 aliphatic carbocycles.